The van der Waals surface area contributed by atoms with Crippen molar-refractivity contribution in [3.05, 3.63) is 54.1 Å². The summed E-state index contributed by atoms with van der Waals surface area (Å²) in [4.78, 5) is 22.5. The molecule has 144 valence electrons. The third-order valence-corrected chi connectivity index (χ3v) is 3.20. The molecule has 0 fully saturated rings. The van der Waals surface area contributed by atoms with Crippen LogP contribution in [0.3, 0.4) is 0 Å². The van der Waals surface area contributed by atoms with Crippen LogP contribution in [0.4, 0.5) is 29.3 Å². The maximum absolute atomic E-state index is 12.6. The average Bonchev–Trinajstić information content (AvgIpc) is 2.59. The lowest BCUT2D eigenvalue weighted by Crippen LogP contribution is -2.18. The highest BCUT2D eigenvalue weighted by atomic mass is 19.4. The monoisotopic (exact) mass is 382 g/mol. The maximum Gasteiger partial charge on any atom is 0.416 e. The summed E-state index contributed by atoms with van der Waals surface area (Å²) in [5.74, 6) is 0.315. The van der Waals surface area contributed by atoms with Crippen LogP contribution >= 0.6 is 0 Å². The van der Waals surface area contributed by atoms with Crippen molar-refractivity contribution in [1.29, 1.82) is 0 Å². The highest BCUT2D eigenvalue weighted by Crippen LogP contribution is 2.30. The Kier molecular flexibility index (Phi) is 6.64. The number of rotatable bonds is 6. The molecule has 27 heavy (non-hydrogen) atoms. The molecule has 0 bridgehead atoms. The van der Waals surface area contributed by atoms with E-state index in [0.29, 0.717) is 11.4 Å². The van der Waals surface area contributed by atoms with Gasteiger partial charge in [-0.1, -0.05) is 6.07 Å². The van der Waals surface area contributed by atoms with Gasteiger partial charge in [0.15, 0.2) is 0 Å². The quantitative estimate of drug-likeness (QED) is 0.731. The molecule has 0 unspecified atom stereocenters. The Hall–Kier alpha value is -3.23. The van der Waals surface area contributed by atoms with E-state index >= 15 is 0 Å². The second-order valence-electron chi connectivity index (χ2n) is 5.39. The van der Waals surface area contributed by atoms with Crippen LogP contribution in [0.15, 0.2) is 48.5 Å². The first-order valence-corrected chi connectivity index (χ1v) is 7.85. The molecule has 0 aromatic heterocycles. The van der Waals surface area contributed by atoms with Crippen LogP contribution in [-0.2, 0) is 15.7 Å². The number of anilines is 2. The SMILES string of the molecule is CC(=O)Nc1ccc(OCCOC(=O)Nc2cccc(C(F)(F)F)c2)cc1. The molecule has 2 aromatic rings. The number of carbonyl (C=O) groups excluding carboxylic acids is 2. The van der Waals surface area contributed by atoms with E-state index < -0.39 is 17.8 Å². The molecule has 0 radical (unpaired) electrons. The third kappa shape index (κ3) is 6.89. The van der Waals surface area contributed by atoms with Crippen molar-refractivity contribution in [1.82, 2.24) is 0 Å². The summed E-state index contributed by atoms with van der Waals surface area (Å²) in [6.07, 6.45) is -5.38. The van der Waals surface area contributed by atoms with E-state index in [2.05, 4.69) is 10.6 Å². The topological polar surface area (TPSA) is 76.7 Å². The molecule has 0 atom stereocenters. The number of amides is 2. The molecule has 2 amide bonds. The molecule has 0 spiro atoms. The summed E-state index contributed by atoms with van der Waals surface area (Å²) >= 11 is 0. The highest BCUT2D eigenvalue weighted by Gasteiger charge is 2.30. The summed E-state index contributed by atoms with van der Waals surface area (Å²) in [7, 11) is 0. The van der Waals surface area contributed by atoms with Crippen molar-refractivity contribution >= 4 is 23.4 Å². The first-order chi connectivity index (χ1) is 12.7. The van der Waals surface area contributed by atoms with E-state index in [0.717, 1.165) is 12.1 Å². The van der Waals surface area contributed by atoms with Crippen molar-refractivity contribution in [2.75, 3.05) is 23.8 Å². The van der Waals surface area contributed by atoms with E-state index in [1.54, 1.807) is 24.3 Å². The van der Waals surface area contributed by atoms with E-state index in [9.17, 15) is 22.8 Å². The number of ether oxygens (including phenoxy) is 2. The number of hydrogen-bond acceptors (Lipinski definition) is 4. The second kappa shape index (κ2) is 8.93. The third-order valence-electron chi connectivity index (χ3n) is 3.20. The van der Waals surface area contributed by atoms with Crippen LogP contribution in [0.5, 0.6) is 5.75 Å². The van der Waals surface area contributed by atoms with Crippen molar-refractivity contribution in [2.45, 2.75) is 13.1 Å². The van der Waals surface area contributed by atoms with Gasteiger partial charge in [0.25, 0.3) is 0 Å². The fourth-order valence-corrected chi connectivity index (χ4v) is 2.06. The number of nitrogens with one attached hydrogen (secondary N) is 2. The Bertz CT molecular complexity index is 792. The molecule has 0 saturated carbocycles. The summed E-state index contributed by atoms with van der Waals surface area (Å²) < 4.78 is 48.1. The van der Waals surface area contributed by atoms with Gasteiger partial charge >= 0.3 is 12.3 Å². The maximum atomic E-state index is 12.6. The molecule has 9 heteroatoms. The number of alkyl halides is 3. The van der Waals surface area contributed by atoms with Crippen molar-refractivity contribution < 1.29 is 32.2 Å². The molecule has 2 N–H and O–H groups in total. The molecule has 2 aromatic carbocycles. The van der Waals surface area contributed by atoms with E-state index in [4.69, 9.17) is 9.47 Å². The number of hydrogen-bond donors (Lipinski definition) is 2. The Morgan fingerprint density at radius 1 is 0.963 bits per heavy atom. The minimum atomic E-state index is -4.50. The van der Waals surface area contributed by atoms with Gasteiger partial charge in [0.05, 0.1) is 5.56 Å². The first-order valence-electron chi connectivity index (χ1n) is 7.85. The number of halogens is 3. The Labute approximate surface area is 153 Å². The molecule has 0 aliphatic rings. The Balaban J connectivity index is 1.74. The fourth-order valence-electron chi connectivity index (χ4n) is 2.06. The smallest absolute Gasteiger partial charge is 0.416 e. The Morgan fingerprint density at radius 3 is 2.30 bits per heavy atom. The van der Waals surface area contributed by atoms with Gasteiger partial charge in [-0.15, -0.1) is 0 Å². The molecule has 6 nitrogen and oxygen atoms in total. The normalized spacial score (nSPS) is 10.8. The molecule has 0 saturated heterocycles. The van der Waals surface area contributed by atoms with Gasteiger partial charge in [0, 0.05) is 18.3 Å². The molecule has 0 aliphatic carbocycles. The van der Waals surface area contributed by atoms with Crippen LogP contribution in [0.25, 0.3) is 0 Å². The minimum Gasteiger partial charge on any atom is -0.490 e. The largest absolute Gasteiger partial charge is 0.490 e. The molecular formula is C18H17F3N2O4. The lowest BCUT2D eigenvalue weighted by molar-refractivity contribution is -0.137. The van der Waals surface area contributed by atoms with Crippen LogP contribution < -0.4 is 15.4 Å². The van der Waals surface area contributed by atoms with Gasteiger partial charge in [-0.05, 0) is 42.5 Å². The van der Waals surface area contributed by atoms with Gasteiger partial charge < -0.3 is 14.8 Å². The number of benzene rings is 2. The van der Waals surface area contributed by atoms with Gasteiger partial charge in [0.2, 0.25) is 5.91 Å². The predicted octanol–water partition coefficient (Wildman–Crippen LogP) is 4.29. The molecule has 2 rings (SSSR count). The van der Waals surface area contributed by atoms with E-state index in [1.807, 2.05) is 0 Å². The van der Waals surface area contributed by atoms with Crippen molar-refractivity contribution in [3.8, 4) is 5.75 Å². The van der Waals surface area contributed by atoms with Crippen LogP contribution in [0.1, 0.15) is 12.5 Å². The minimum absolute atomic E-state index is 0.0238. The zero-order valence-electron chi connectivity index (χ0n) is 14.3. The molecule has 0 heterocycles. The number of carbonyl (C=O) groups is 2. The van der Waals surface area contributed by atoms with Crippen LogP contribution in [0, 0.1) is 0 Å². The molecule has 0 aliphatic heterocycles. The van der Waals surface area contributed by atoms with Gasteiger partial charge in [0.1, 0.15) is 19.0 Å². The zero-order chi connectivity index (χ0) is 19.9. The van der Waals surface area contributed by atoms with Gasteiger partial charge in [-0.25, -0.2) is 4.79 Å². The standard InChI is InChI=1S/C18H17F3N2O4/c1-12(24)22-14-5-7-16(8-6-14)26-9-10-27-17(25)23-15-4-2-3-13(11-15)18(19,20)21/h2-8,11H,9-10H2,1H3,(H,22,24)(H,23,25). The van der Waals surface area contributed by atoms with Crippen LogP contribution in [0.2, 0.25) is 0 Å². The van der Waals surface area contributed by atoms with E-state index in [1.165, 1.54) is 19.1 Å². The van der Waals surface area contributed by atoms with E-state index in [-0.39, 0.29) is 24.8 Å². The highest BCUT2D eigenvalue weighted by molar-refractivity contribution is 5.88. The average molecular weight is 382 g/mol. The van der Waals surface area contributed by atoms with Gasteiger partial charge in [-0.2, -0.15) is 13.2 Å². The lowest BCUT2D eigenvalue weighted by atomic mass is 10.2. The van der Waals surface area contributed by atoms with Crippen molar-refractivity contribution in [2.24, 2.45) is 0 Å². The van der Waals surface area contributed by atoms with Crippen LogP contribution in [-0.4, -0.2) is 25.2 Å². The van der Waals surface area contributed by atoms with Gasteiger partial charge in [-0.3, -0.25) is 10.1 Å². The van der Waals surface area contributed by atoms with Crippen molar-refractivity contribution in [3.63, 3.8) is 0 Å². The molecular weight excluding hydrogens is 365 g/mol. The summed E-state index contributed by atoms with van der Waals surface area (Å²) in [5, 5.41) is 4.83. The summed E-state index contributed by atoms with van der Waals surface area (Å²) in [5.41, 5.74) is -0.276. The lowest BCUT2D eigenvalue weighted by Gasteiger charge is -2.11. The summed E-state index contributed by atoms with van der Waals surface area (Å²) in [6.45, 7) is 1.35. The Morgan fingerprint density at radius 2 is 1.67 bits per heavy atom. The fraction of sp³-hybridized carbons (Fsp3) is 0.222. The zero-order valence-corrected chi connectivity index (χ0v) is 14.3. The summed E-state index contributed by atoms with van der Waals surface area (Å²) in [6, 6.07) is 10.8. The first kappa shape index (κ1) is 20.1. The predicted molar refractivity (Wildman–Crippen MR) is 92.7 cm³/mol. The second-order valence-corrected chi connectivity index (χ2v) is 5.39.